The van der Waals surface area contributed by atoms with Gasteiger partial charge in [-0.05, 0) is 56.4 Å². The third kappa shape index (κ3) is 2.56. The van der Waals surface area contributed by atoms with Gasteiger partial charge in [0.1, 0.15) is 0 Å². The van der Waals surface area contributed by atoms with Gasteiger partial charge in [0.2, 0.25) is 0 Å². The van der Waals surface area contributed by atoms with Gasteiger partial charge < -0.3 is 9.84 Å². The van der Waals surface area contributed by atoms with Gasteiger partial charge in [0, 0.05) is 13.7 Å². The van der Waals surface area contributed by atoms with Crippen molar-refractivity contribution < 1.29 is 14.6 Å². The van der Waals surface area contributed by atoms with Crippen LogP contribution in [0.1, 0.15) is 35.6 Å². The molecule has 1 aromatic carbocycles. The minimum atomic E-state index is -0.890. The second kappa shape index (κ2) is 5.53. The number of hydrogen-bond donors (Lipinski definition) is 1. The molecule has 0 amide bonds. The van der Waals surface area contributed by atoms with Crippen molar-refractivity contribution >= 4 is 5.97 Å². The number of aliphatic carboxylic acids is 1. The lowest BCUT2D eigenvalue weighted by Gasteiger charge is -2.28. The van der Waals surface area contributed by atoms with Crippen LogP contribution in [-0.4, -0.2) is 24.8 Å². The van der Waals surface area contributed by atoms with Gasteiger partial charge >= 0.3 is 5.97 Å². The average Bonchev–Trinajstić information content (AvgIpc) is 2.33. The van der Waals surface area contributed by atoms with Crippen LogP contribution < -0.4 is 0 Å². The van der Waals surface area contributed by atoms with E-state index in [1.165, 1.54) is 5.56 Å². The monoisotopic (exact) mass is 250 g/mol. The summed E-state index contributed by atoms with van der Waals surface area (Å²) in [6.45, 7) is 8.28. The van der Waals surface area contributed by atoms with E-state index in [0.717, 1.165) is 16.7 Å². The molecular formula is C15H22O3. The normalized spacial score (nSPS) is 14.3. The molecule has 0 spiro atoms. The zero-order valence-corrected chi connectivity index (χ0v) is 11.8. The second-order valence-corrected chi connectivity index (χ2v) is 5.06. The number of hydrogen-bond acceptors (Lipinski definition) is 2. The summed E-state index contributed by atoms with van der Waals surface area (Å²) in [6, 6.07) is 3.92. The van der Waals surface area contributed by atoms with Gasteiger partial charge in [-0.2, -0.15) is 0 Å². The number of rotatable bonds is 5. The van der Waals surface area contributed by atoms with Gasteiger partial charge in [-0.25, -0.2) is 0 Å². The maximum Gasteiger partial charge on any atom is 0.313 e. The van der Waals surface area contributed by atoms with Crippen LogP contribution in [0.4, 0.5) is 0 Å². The third-order valence-electron chi connectivity index (χ3n) is 3.93. The highest BCUT2D eigenvalue weighted by Crippen LogP contribution is 2.33. The predicted molar refractivity (Wildman–Crippen MR) is 72.1 cm³/mol. The molecular weight excluding hydrogens is 228 g/mol. The molecule has 3 heteroatoms. The molecule has 0 saturated heterocycles. The molecule has 0 aliphatic heterocycles. The van der Waals surface area contributed by atoms with Crippen molar-refractivity contribution in [1.29, 1.82) is 0 Å². The summed E-state index contributed by atoms with van der Waals surface area (Å²) in [6.07, 6.45) is 0.474. The zero-order valence-electron chi connectivity index (χ0n) is 11.8. The SMILES string of the molecule is COCCC(C)(C(=O)O)c1ccc(C)c(C)c1C. The molecule has 3 nitrogen and oxygen atoms in total. The Bertz CT molecular complexity index is 451. The Balaban J connectivity index is 3.30. The Kier molecular flexibility index (Phi) is 4.52. The van der Waals surface area contributed by atoms with E-state index in [1.54, 1.807) is 14.0 Å². The van der Waals surface area contributed by atoms with E-state index in [1.807, 2.05) is 32.9 Å². The third-order valence-corrected chi connectivity index (χ3v) is 3.93. The molecule has 0 saturated carbocycles. The summed E-state index contributed by atoms with van der Waals surface area (Å²) in [5, 5.41) is 9.54. The minimum absolute atomic E-state index is 0.440. The Morgan fingerprint density at radius 2 is 1.89 bits per heavy atom. The Labute approximate surface area is 109 Å². The molecule has 0 aliphatic carbocycles. The Hall–Kier alpha value is -1.35. The smallest absolute Gasteiger partial charge is 0.313 e. The summed E-state index contributed by atoms with van der Waals surface area (Å²) in [4.78, 5) is 11.6. The van der Waals surface area contributed by atoms with Crippen molar-refractivity contribution in [1.82, 2.24) is 0 Å². The fraction of sp³-hybridized carbons (Fsp3) is 0.533. The topological polar surface area (TPSA) is 46.5 Å². The molecule has 0 aromatic heterocycles. The Morgan fingerprint density at radius 3 is 2.39 bits per heavy atom. The lowest BCUT2D eigenvalue weighted by molar-refractivity contribution is -0.144. The molecule has 0 heterocycles. The number of ether oxygens (including phenoxy) is 1. The average molecular weight is 250 g/mol. The molecule has 1 N–H and O–H groups in total. The van der Waals surface area contributed by atoms with Gasteiger partial charge in [-0.15, -0.1) is 0 Å². The van der Waals surface area contributed by atoms with E-state index in [2.05, 4.69) is 0 Å². The number of benzene rings is 1. The molecule has 1 atom stereocenters. The molecule has 0 radical (unpaired) electrons. The van der Waals surface area contributed by atoms with Crippen LogP contribution in [0.2, 0.25) is 0 Å². The van der Waals surface area contributed by atoms with Crippen LogP contribution in [-0.2, 0) is 14.9 Å². The highest BCUT2D eigenvalue weighted by Gasteiger charge is 2.36. The number of carboxylic acid groups (broad SMARTS) is 1. The first-order valence-corrected chi connectivity index (χ1v) is 6.14. The highest BCUT2D eigenvalue weighted by molar-refractivity contribution is 5.81. The van der Waals surface area contributed by atoms with E-state index in [4.69, 9.17) is 4.74 Å². The summed E-state index contributed by atoms with van der Waals surface area (Å²) in [5.74, 6) is -0.800. The Morgan fingerprint density at radius 1 is 1.28 bits per heavy atom. The van der Waals surface area contributed by atoms with Crippen molar-refractivity contribution in [3.05, 3.63) is 34.4 Å². The van der Waals surface area contributed by atoms with Gasteiger partial charge in [0.15, 0.2) is 0 Å². The molecule has 100 valence electrons. The lowest BCUT2D eigenvalue weighted by atomic mass is 9.76. The summed E-state index contributed by atoms with van der Waals surface area (Å²) < 4.78 is 5.04. The van der Waals surface area contributed by atoms with E-state index >= 15 is 0 Å². The molecule has 0 aliphatic rings. The van der Waals surface area contributed by atoms with Crippen molar-refractivity contribution in [2.75, 3.05) is 13.7 Å². The quantitative estimate of drug-likeness (QED) is 0.873. The maximum absolute atomic E-state index is 11.6. The largest absolute Gasteiger partial charge is 0.481 e. The molecule has 0 bridgehead atoms. The van der Waals surface area contributed by atoms with Gasteiger partial charge in [0.05, 0.1) is 5.41 Å². The van der Waals surface area contributed by atoms with Gasteiger partial charge in [-0.3, -0.25) is 4.79 Å². The number of carbonyl (C=O) groups is 1. The number of carboxylic acids is 1. The predicted octanol–water partition coefficient (Wildman–Crippen LogP) is 2.99. The standard InChI is InChI=1S/C15H22O3/c1-10-6-7-13(12(3)11(10)2)15(4,14(16)17)8-9-18-5/h6-7H,8-9H2,1-5H3,(H,16,17). The van der Waals surface area contributed by atoms with Crippen molar-refractivity contribution in [2.24, 2.45) is 0 Å². The van der Waals surface area contributed by atoms with E-state index < -0.39 is 11.4 Å². The molecule has 1 unspecified atom stereocenters. The van der Waals surface area contributed by atoms with E-state index in [-0.39, 0.29) is 0 Å². The first kappa shape index (κ1) is 14.7. The van der Waals surface area contributed by atoms with Crippen molar-refractivity contribution in [2.45, 2.75) is 39.5 Å². The fourth-order valence-corrected chi connectivity index (χ4v) is 2.22. The van der Waals surface area contributed by atoms with Crippen molar-refractivity contribution in [3.8, 4) is 0 Å². The van der Waals surface area contributed by atoms with E-state index in [9.17, 15) is 9.90 Å². The molecule has 1 rings (SSSR count). The highest BCUT2D eigenvalue weighted by atomic mass is 16.5. The van der Waals surface area contributed by atoms with Gasteiger partial charge in [0.25, 0.3) is 0 Å². The molecule has 18 heavy (non-hydrogen) atoms. The molecule has 0 fully saturated rings. The van der Waals surface area contributed by atoms with Crippen LogP contribution >= 0.6 is 0 Å². The summed E-state index contributed by atoms with van der Waals surface area (Å²) in [5.41, 5.74) is 3.41. The van der Waals surface area contributed by atoms with Crippen LogP contribution in [0.15, 0.2) is 12.1 Å². The number of aryl methyl sites for hydroxylation is 1. The van der Waals surface area contributed by atoms with Crippen molar-refractivity contribution in [3.63, 3.8) is 0 Å². The zero-order chi connectivity index (χ0) is 13.9. The van der Waals surface area contributed by atoms with Crippen LogP contribution in [0.25, 0.3) is 0 Å². The van der Waals surface area contributed by atoms with E-state index in [0.29, 0.717) is 13.0 Å². The lowest BCUT2D eigenvalue weighted by Crippen LogP contribution is -2.34. The summed E-state index contributed by atoms with van der Waals surface area (Å²) in [7, 11) is 1.59. The first-order valence-electron chi connectivity index (χ1n) is 6.14. The van der Waals surface area contributed by atoms with Crippen LogP contribution in [0, 0.1) is 20.8 Å². The van der Waals surface area contributed by atoms with Crippen LogP contribution in [0.5, 0.6) is 0 Å². The number of methoxy groups -OCH3 is 1. The minimum Gasteiger partial charge on any atom is -0.481 e. The summed E-state index contributed by atoms with van der Waals surface area (Å²) >= 11 is 0. The second-order valence-electron chi connectivity index (χ2n) is 5.06. The first-order chi connectivity index (χ1) is 8.34. The fourth-order valence-electron chi connectivity index (χ4n) is 2.22. The molecule has 1 aromatic rings. The van der Waals surface area contributed by atoms with Crippen LogP contribution in [0.3, 0.4) is 0 Å². The van der Waals surface area contributed by atoms with Gasteiger partial charge in [-0.1, -0.05) is 12.1 Å². The maximum atomic E-state index is 11.6.